The minimum absolute atomic E-state index is 0.320. The first-order valence-corrected chi connectivity index (χ1v) is 11.8. The van der Waals surface area contributed by atoms with Crippen LogP contribution < -0.4 is 5.32 Å². The number of ether oxygens (including phenoxy) is 1. The maximum Gasteiger partial charge on any atom is 0.414 e. The summed E-state index contributed by atoms with van der Waals surface area (Å²) in [5.74, 6) is -4.30. The summed E-state index contributed by atoms with van der Waals surface area (Å²) in [5, 5.41) is 30.4. The second-order valence-corrected chi connectivity index (χ2v) is 9.06. The second kappa shape index (κ2) is 13.8. The van der Waals surface area contributed by atoms with Crippen LogP contribution in [0.3, 0.4) is 0 Å². The Hall–Kier alpha value is -2.77. The van der Waals surface area contributed by atoms with Gasteiger partial charge in [0.25, 0.3) is 0 Å². The number of thiazole rings is 1. The zero-order valence-electron chi connectivity index (χ0n) is 19.9. The monoisotopic (exact) mass is 502 g/mol. The van der Waals surface area contributed by atoms with E-state index in [-0.39, 0.29) is 0 Å². The molecule has 2 heterocycles. The molecule has 0 bridgehead atoms. The van der Waals surface area contributed by atoms with Gasteiger partial charge in [-0.3, -0.25) is 4.90 Å². The number of amides is 2. The summed E-state index contributed by atoms with van der Waals surface area (Å²) in [6, 6.07) is -0.398. The van der Waals surface area contributed by atoms with Crippen LogP contribution >= 0.6 is 11.3 Å². The first-order valence-electron chi connectivity index (χ1n) is 10.9. The summed E-state index contributed by atoms with van der Waals surface area (Å²) in [5.41, 5.74) is -0.466. The van der Waals surface area contributed by atoms with Gasteiger partial charge in [-0.1, -0.05) is 20.8 Å². The van der Waals surface area contributed by atoms with E-state index in [1.807, 2.05) is 5.38 Å². The molecule has 0 spiro atoms. The highest BCUT2D eigenvalue weighted by atomic mass is 32.1. The zero-order valence-corrected chi connectivity index (χ0v) is 20.8. The van der Waals surface area contributed by atoms with Gasteiger partial charge < -0.3 is 30.3 Å². The molecule has 0 saturated carbocycles. The molecule has 12 nitrogen and oxygen atoms in total. The lowest BCUT2D eigenvalue weighted by atomic mass is 9.91. The van der Waals surface area contributed by atoms with E-state index in [4.69, 9.17) is 24.5 Å². The number of aliphatic carboxylic acids is 3. The fraction of sp³-hybridized carbons (Fsp3) is 0.667. The number of morpholine rings is 1. The number of urea groups is 1. The number of carboxylic acid groups (broad SMARTS) is 3. The largest absolute Gasteiger partial charge is 0.480 e. The van der Waals surface area contributed by atoms with Crippen molar-refractivity contribution < 1.29 is 39.2 Å². The van der Waals surface area contributed by atoms with Gasteiger partial charge in [-0.15, -0.1) is 11.3 Å². The molecule has 1 atom stereocenters. The van der Waals surface area contributed by atoms with Crippen molar-refractivity contribution in [2.45, 2.75) is 51.6 Å². The third-order valence-electron chi connectivity index (χ3n) is 5.31. The lowest BCUT2D eigenvalue weighted by Gasteiger charge is -2.34. The fourth-order valence-corrected chi connectivity index (χ4v) is 3.91. The van der Waals surface area contributed by atoms with Crippen molar-refractivity contribution in [2.75, 3.05) is 39.9 Å². The number of carbonyl (C=O) groups excluding carboxylic acids is 1. The number of hydrogen-bond acceptors (Lipinski definition) is 8. The first-order chi connectivity index (χ1) is 15.9. The van der Waals surface area contributed by atoms with Gasteiger partial charge in [-0.25, -0.2) is 24.2 Å². The Morgan fingerprint density at radius 1 is 1.21 bits per heavy atom. The van der Waals surface area contributed by atoms with Crippen LogP contribution in [0.15, 0.2) is 5.38 Å². The Kier molecular flexibility index (Phi) is 11.9. The summed E-state index contributed by atoms with van der Waals surface area (Å²) in [4.78, 5) is 51.2. The number of nitrogens with one attached hydrogen (secondary N) is 1. The van der Waals surface area contributed by atoms with Crippen LogP contribution in [0.2, 0.25) is 0 Å². The smallest absolute Gasteiger partial charge is 0.414 e. The Morgan fingerprint density at radius 3 is 2.24 bits per heavy atom. The van der Waals surface area contributed by atoms with E-state index in [2.05, 4.69) is 29.0 Å². The highest BCUT2D eigenvalue weighted by Gasteiger charge is 2.39. The molecule has 0 aliphatic carbocycles. The Morgan fingerprint density at radius 2 is 1.79 bits per heavy atom. The van der Waals surface area contributed by atoms with Gasteiger partial charge in [0.1, 0.15) is 5.54 Å². The molecule has 13 heteroatoms. The summed E-state index contributed by atoms with van der Waals surface area (Å²) in [6.45, 7) is 9.80. The van der Waals surface area contributed by atoms with E-state index in [9.17, 15) is 14.7 Å². The predicted octanol–water partition coefficient (Wildman–Crippen LogP) is 1.52. The molecule has 2 rings (SSSR count). The molecule has 4 N–H and O–H groups in total. The highest BCUT2D eigenvalue weighted by molar-refractivity contribution is 7.09. The average Bonchev–Trinajstić information content (AvgIpc) is 3.26. The zero-order chi connectivity index (χ0) is 25.9. The molecule has 192 valence electrons. The van der Waals surface area contributed by atoms with Crippen LogP contribution in [-0.4, -0.2) is 99.5 Å². The fourth-order valence-electron chi connectivity index (χ4n) is 3.09. The van der Waals surface area contributed by atoms with Gasteiger partial charge in [0.05, 0.1) is 30.5 Å². The number of rotatable bonds is 9. The topological polar surface area (TPSA) is 170 Å². The number of carboxylic acids is 3. The molecule has 1 aromatic rings. The van der Waals surface area contributed by atoms with Crippen molar-refractivity contribution in [3.8, 4) is 0 Å². The summed E-state index contributed by atoms with van der Waals surface area (Å²) < 4.78 is 5.33. The van der Waals surface area contributed by atoms with Gasteiger partial charge in [0.2, 0.25) is 0 Å². The van der Waals surface area contributed by atoms with Crippen molar-refractivity contribution in [3.63, 3.8) is 0 Å². The van der Waals surface area contributed by atoms with E-state index in [1.165, 1.54) is 4.90 Å². The molecule has 1 saturated heterocycles. The standard InChI is InChI=1S/C19H32N4O4S.C2H2O4/c1-5-19(17(24)25,6-7-23-8-10-27-11-9-23)21-18(26)22(4)12-15-13-28-16(20-15)14(2)3;3-1(4)2(5)6/h13-14H,5-12H2,1-4H3,(H,21,26)(H,24,25);(H,3,4)(H,5,6)/t19-;/m0./s1. The Labute approximate surface area is 202 Å². The Bertz CT molecular complexity index is 828. The SMILES string of the molecule is CC[C@@](CCN1CCOCC1)(NC(=O)N(C)Cc1csc(C(C)C)n1)C(=O)O.O=C(O)C(=O)O. The quantitative estimate of drug-likeness (QED) is 0.363. The summed E-state index contributed by atoms with van der Waals surface area (Å²) in [7, 11) is 1.66. The van der Waals surface area contributed by atoms with E-state index < -0.39 is 29.5 Å². The number of nitrogens with zero attached hydrogens (tertiary/aromatic N) is 3. The van der Waals surface area contributed by atoms with Crippen molar-refractivity contribution in [2.24, 2.45) is 0 Å². The van der Waals surface area contributed by atoms with Crippen LogP contribution in [0.5, 0.6) is 0 Å². The van der Waals surface area contributed by atoms with Gasteiger partial charge in [0.15, 0.2) is 0 Å². The average molecular weight is 503 g/mol. The molecule has 0 unspecified atom stereocenters. The van der Waals surface area contributed by atoms with E-state index in [1.54, 1.807) is 25.3 Å². The van der Waals surface area contributed by atoms with Crippen LogP contribution in [0.4, 0.5) is 4.79 Å². The van der Waals surface area contributed by atoms with Crippen molar-refractivity contribution in [1.29, 1.82) is 0 Å². The maximum atomic E-state index is 12.7. The maximum absolute atomic E-state index is 12.7. The van der Waals surface area contributed by atoms with E-state index in [0.29, 0.717) is 45.1 Å². The Balaban J connectivity index is 0.000000852. The van der Waals surface area contributed by atoms with Gasteiger partial charge >= 0.3 is 23.9 Å². The number of aromatic nitrogens is 1. The highest BCUT2D eigenvalue weighted by Crippen LogP contribution is 2.21. The molecule has 0 radical (unpaired) electrons. The van der Waals surface area contributed by atoms with Gasteiger partial charge in [0, 0.05) is 38.0 Å². The third-order valence-corrected chi connectivity index (χ3v) is 6.50. The molecule has 0 aromatic carbocycles. The molecular formula is C21H34N4O8S. The number of carbonyl (C=O) groups is 4. The minimum Gasteiger partial charge on any atom is -0.480 e. The van der Waals surface area contributed by atoms with Crippen molar-refractivity contribution >= 4 is 35.3 Å². The molecule has 1 aromatic heterocycles. The van der Waals surface area contributed by atoms with Crippen molar-refractivity contribution in [3.05, 3.63) is 16.1 Å². The van der Waals surface area contributed by atoms with Crippen LogP contribution in [0, 0.1) is 0 Å². The molecule has 1 aliphatic heterocycles. The molecule has 2 amide bonds. The summed E-state index contributed by atoms with van der Waals surface area (Å²) >= 11 is 1.58. The molecule has 1 fully saturated rings. The second-order valence-electron chi connectivity index (χ2n) is 8.17. The van der Waals surface area contributed by atoms with Crippen LogP contribution in [-0.2, 0) is 25.7 Å². The van der Waals surface area contributed by atoms with Gasteiger partial charge in [-0.2, -0.15) is 0 Å². The van der Waals surface area contributed by atoms with Gasteiger partial charge in [-0.05, 0) is 12.8 Å². The normalized spacial score (nSPS) is 15.6. The third kappa shape index (κ3) is 9.23. The molecular weight excluding hydrogens is 468 g/mol. The molecule has 34 heavy (non-hydrogen) atoms. The van der Waals surface area contributed by atoms with E-state index in [0.717, 1.165) is 23.8 Å². The molecule has 1 aliphatic rings. The predicted molar refractivity (Wildman–Crippen MR) is 124 cm³/mol. The minimum atomic E-state index is -1.82. The summed E-state index contributed by atoms with van der Waals surface area (Å²) in [6.07, 6.45) is 0.674. The first kappa shape index (κ1) is 29.3. The number of hydrogen-bond donors (Lipinski definition) is 4. The lowest BCUT2D eigenvalue weighted by Crippen LogP contribution is -2.58. The lowest BCUT2D eigenvalue weighted by molar-refractivity contribution is -0.159. The van der Waals surface area contributed by atoms with Crippen LogP contribution in [0.1, 0.15) is 50.2 Å². The van der Waals surface area contributed by atoms with E-state index >= 15 is 0 Å². The van der Waals surface area contributed by atoms with Crippen LogP contribution in [0.25, 0.3) is 0 Å². The van der Waals surface area contributed by atoms with Crippen molar-refractivity contribution in [1.82, 2.24) is 20.1 Å².